The van der Waals surface area contributed by atoms with Crippen molar-refractivity contribution in [3.8, 4) is 0 Å². The highest BCUT2D eigenvalue weighted by atomic mass is 16.6. The van der Waals surface area contributed by atoms with Crippen molar-refractivity contribution in [3.05, 3.63) is 35.9 Å². The first-order valence-corrected chi connectivity index (χ1v) is 8.32. The number of β-amino-alcohol motifs (C(OH)–C–C–N with tert-alkyl or cyclic N) is 1. The molecule has 2 unspecified atom stereocenters. The van der Waals surface area contributed by atoms with E-state index in [1.54, 1.807) is 20.8 Å². The number of carbonyl (C=O) groups is 1. The van der Waals surface area contributed by atoms with Crippen molar-refractivity contribution in [2.45, 2.75) is 63.5 Å². The SMILES string of the molecule is CC(C)(C)OC(=O)N1CC(O)CC1[C@@H](O)[C@@H](N)Cc1ccccc1. The van der Waals surface area contributed by atoms with Crippen LogP contribution >= 0.6 is 0 Å². The molecule has 134 valence electrons. The van der Waals surface area contributed by atoms with Crippen LogP contribution < -0.4 is 5.73 Å². The molecule has 0 aromatic heterocycles. The largest absolute Gasteiger partial charge is 0.444 e. The molecule has 1 aromatic rings. The predicted molar refractivity (Wildman–Crippen MR) is 91.5 cm³/mol. The van der Waals surface area contributed by atoms with Gasteiger partial charge in [0.1, 0.15) is 5.60 Å². The monoisotopic (exact) mass is 336 g/mol. The molecule has 6 heteroatoms. The number of hydrogen-bond donors (Lipinski definition) is 3. The van der Waals surface area contributed by atoms with E-state index in [2.05, 4.69) is 0 Å². The molecule has 6 nitrogen and oxygen atoms in total. The van der Waals surface area contributed by atoms with Crippen LogP contribution in [0.4, 0.5) is 4.79 Å². The van der Waals surface area contributed by atoms with Crippen molar-refractivity contribution >= 4 is 6.09 Å². The molecule has 4 atom stereocenters. The van der Waals surface area contributed by atoms with Gasteiger partial charge in [0.05, 0.1) is 24.8 Å². The Hall–Kier alpha value is -1.63. The zero-order valence-electron chi connectivity index (χ0n) is 14.6. The summed E-state index contributed by atoms with van der Waals surface area (Å²) in [7, 11) is 0. The van der Waals surface area contributed by atoms with Gasteiger partial charge in [0.2, 0.25) is 0 Å². The number of likely N-dealkylation sites (tertiary alicyclic amines) is 1. The van der Waals surface area contributed by atoms with Crippen LogP contribution in [0.5, 0.6) is 0 Å². The number of amides is 1. The first-order chi connectivity index (χ1) is 11.2. The smallest absolute Gasteiger partial charge is 0.410 e. The van der Waals surface area contributed by atoms with Crippen molar-refractivity contribution in [3.63, 3.8) is 0 Å². The molecule has 0 bridgehead atoms. The fourth-order valence-electron chi connectivity index (χ4n) is 2.99. The third kappa shape index (κ3) is 4.93. The zero-order valence-corrected chi connectivity index (χ0v) is 14.6. The molecule has 0 saturated carbocycles. The summed E-state index contributed by atoms with van der Waals surface area (Å²) in [5.74, 6) is 0. The Labute approximate surface area is 143 Å². The van der Waals surface area contributed by atoms with E-state index in [-0.39, 0.29) is 6.54 Å². The molecule has 24 heavy (non-hydrogen) atoms. The van der Waals surface area contributed by atoms with Crippen molar-refractivity contribution < 1.29 is 19.7 Å². The average molecular weight is 336 g/mol. The molecule has 4 N–H and O–H groups in total. The van der Waals surface area contributed by atoms with Crippen LogP contribution in [0.1, 0.15) is 32.8 Å². The molecular formula is C18H28N2O4. The van der Waals surface area contributed by atoms with E-state index < -0.39 is 36.0 Å². The summed E-state index contributed by atoms with van der Waals surface area (Å²) >= 11 is 0. The number of benzene rings is 1. The first-order valence-electron chi connectivity index (χ1n) is 8.32. The maximum absolute atomic E-state index is 12.3. The van der Waals surface area contributed by atoms with Gasteiger partial charge in [-0.2, -0.15) is 0 Å². The van der Waals surface area contributed by atoms with E-state index >= 15 is 0 Å². The maximum Gasteiger partial charge on any atom is 0.410 e. The van der Waals surface area contributed by atoms with Crippen LogP contribution in [0, 0.1) is 0 Å². The van der Waals surface area contributed by atoms with Gasteiger partial charge >= 0.3 is 6.09 Å². The second-order valence-electron chi connectivity index (χ2n) is 7.43. The minimum absolute atomic E-state index is 0.148. The summed E-state index contributed by atoms with van der Waals surface area (Å²) in [5, 5.41) is 20.6. The number of nitrogens with two attached hydrogens (primary N) is 1. The first kappa shape index (κ1) is 18.7. The van der Waals surface area contributed by atoms with Crippen molar-refractivity contribution in [1.82, 2.24) is 4.90 Å². The highest BCUT2D eigenvalue weighted by molar-refractivity contribution is 5.69. The van der Waals surface area contributed by atoms with Gasteiger partial charge in [0, 0.05) is 6.04 Å². The third-order valence-electron chi connectivity index (χ3n) is 4.10. The highest BCUT2D eigenvalue weighted by Crippen LogP contribution is 2.25. The minimum Gasteiger partial charge on any atom is -0.444 e. The molecular weight excluding hydrogens is 308 g/mol. The Morgan fingerprint density at radius 2 is 2.00 bits per heavy atom. The predicted octanol–water partition coefficient (Wildman–Crippen LogP) is 1.29. The van der Waals surface area contributed by atoms with E-state index in [0.29, 0.717) is 12.8 Å². The van der Waals surface area contributed by atoms with E-state index in [0.717, 1.165) is 5.56 Å². The van der Waals surface area contributed by atoms with E-state index in [1.807, 2.05) is 30.3 Å². The molecule has 0 aliphatic carbocycles. The zero-order chi connectivity index (χ0) is 17.9. The topological polar surface area (TPSA) is 96.0 Å². The Bertz CT molecular complexity index is 544. The fraction of sp³-hybridized carbons (Fsp3) is 0.611. The molecule has 0 spiro atoms. The second kappa shape index (κ2) is 7.51. The summed E-state index contributed by atoms with van der Waals surface area (Å²) in [5.41, 5.74) is 6.54. The highest BCUT2D eigenvalue weighted by Gasteiger charge is 2.42. The van der Waals surface area contributed by atoms with E-state index in [9.17, 15) is 15.0 Å². The summed E-state index contributed by atoms with van der Waals surface area (Å²) in [6.07, 6.45) is -1.36. The molecule has 1 saturated heterocycles. The van der Waals surface area contributed by atoms with Crippen LogP contribution in [0.25, 0.3) is 0 Å². The summed E-state index contributed by atoms with van der Waals surface area (Å²) in [4.78, 5) is 13.7. The number of rotatable bonds is 4. The molecule has 1 fully saturated rings. The molecule has 1 aliphatic rings. The van der Waals surface area contributed by atoms with Gasteiger partial charge in [-0.3, -0.25) is 4.90 Å². The molecule has 0 radical (unpaired) electrons. The van der Waals surface area contributed by atoms with Gasteiger partial charge in [0.15, 0.2) is 0 Å². The van der Waals surface area contributed by atoms with Crippen LogP contribution in [0.2, 0.25) is 0 Å². The number of aliphatic hydroxyl groups excluding tert-OH is 2. The van der Waals surface area contributed by atoms with Gasteiger partial charge in [-0.15, -0.1) is 0 Å². The van der Waals surface area contributed by atoms with E-state index in [1.165, 1.54) is 4.90 Å². The third-order valence-corrected chi connectivity index (χ3v) is 4.10. The molecule has 1 aromatic carbocycles. The Morgan fingerprint density at radius 1 is 1.38 bits per heavy atom. The van der Waals surface area contributed by atoms with E-state index in [4.69, 9.17) is 10.5 Å². The van der Waals surface area contributed by atoms with Crippen LogP contribution in [-0.2, 0) is 11.2 Å². The van der Waals surface area contributed by atoms with Crippen molar-refractivity contribution in [1.29, 1.82) is 0 Å². The van der Waals surface area contributed by atoms with Gasteiger partial charge < -0.3 is 20.7 Å². The molecule has 1 aliphatic heterocycles. The number of carbonyl (C=O) groups excluding carboxylic acids is 1. The number of nitrogens with zero attached hydrogens (tertiary/aromatic N) is 1. The number of hydrogen-bond acceptors (Lipinski definition) is 5. The van der Waals surface area contributed by atoms with Crippen molar-refractivity contribution in [2.24, 2.45) is 5.73 Å². The average Bonchev–Trinajstić information content (AvgIpc) is 2.88. The van der Waals surface area contributed by atoms with Crippen LogP contribution in [-0.4, -0.2) is 57.6 Å². The van der Waals surface area contributed by atoms with Gasteiger partial charge in [-0.1, -0.05) is 30.3 Å². The number of aliphatic hydroxyl groups is 2. The Morgan fingerprint density at radius 3 is 2.58 bits per heavy atom. The van der Waals surface area contributed by atoms with Crippen LogP contribution in [0.3, 0.4) is 0 Å². The Balaban J connectivity index is 2.05. The molecule has 2 rings (SSSR count). The summed E-state index contributed by atoms with van der Waals surface area (Å²) in [6, 6.07) is 8.56. The van der Waals surface area contributed by atoms with Gasteiger partial charge in [-0.05, 0) is 39.2 Å². The summed E-state index contributed by atoms with van der Waals surface area (Å²) < 4.78 is 5.37. The maximum atomic E-state index is 12.3. The quantitative estimate of drug-likeness (QED) is 0.770. The summed E-state index contributed by atoms with van der Waals surface area (Å²) in [6.45, 7) is 5.49. The lowest BCUT2D eigenvalue weighted by Crippen LogP contribution is -2.52. The lowest BCUT2D eigenvalue weighted by molar-refractivity contribution is 0.000524. The van der Waals surface area contributed by atoms with Crippen molar-refractivity contribution in [2.75, 3.05) is 6.54 Å². The standard InChI is InChI=1S/C18H28N2O4/c1-18(2,3)24-17(23)20-11-13(21)10-15(20)16(22)14(19)9-12-7-5-4-6-8-12/h4-8,13-16,21-22H,9-11,19H2,1-3H3/t13?,14-,15?,16-/m0/s1. The number of ether oxygens (including phenoxy) is 1. The molecule has 1 heterocycles. The van der Waals surface area contributed by atoms with Gasteiger partial charge in [0.25, 0.3) is 0 Å². The lowest BCUT2D eigenvalue weighted by Gasteiger charge is -2.33. The Kier molecular flexibility index (Phi) is 5.85. The molecule has 1 amide bonds. The van der Waals surface area contributed by atoms with Gasteiger partial charge in [-0.25, -0.2) is 4.79 Å². The second-order valence-corrected chi connectivity index (χ2v) is 7.43. The lowest BCUT2D eigenvalue weighted by atomic mass is 9.95. The van der Waals surface area contributed by atoms with Crippen LogP contribution in [0.15, 0.2) is 30.3 Å². The fourth-order valence-corrected chi connectivity index (χ4v) is 2.99. The minimum atomic E-state index is -0.935. The normalized spacial score (nSPS) is 23.8.